The number of sulfonamides is 1. The summed E-state index contributed by atoms with van der Waals surface area (Å²) in [5.74, 6) is 0.339. The van der Waals surface area contributed by atoms with Crippen molar-refractivity contribution in [2.24, 2.45) is 5.41 Å². The van der Waals surface area contributed by atoms with E-state index < -0.39 is 37.0 Å². The number of nitro groups is 1. The van der Waals surface area contributed by atoms with Gasteiger partial charge in [0.25, 0.3) is 5.69 Å². The summed E-state index contributed by atoms with van der Waals surface area (Å²) in [7, 11) is -2.78. The number of ether oxygens (including phenoxy) is 2. The van der Waals surface area contributed by atoms with Crippen LogP contribution in [0.1, 0.15) is 26.5 Å². The molecule has 1 aliphatic rings. The summed E-state index contributed by atoms with van der Waals surface area (Å²) in [6.07, 6.45) is 2.01. The monoisotopic (exact) mass is 435 g/mol. The number of fused-ring (bicyclic) bond motifs is 1. The van der Waals surface area contributed by atoms with Crippen LogP contribution < -0.4 is 9.47 Å². The van der Waals surface area contributed by atoms with E-state index in [1.165, 1.54) is 17.4 Å². The Balaban J connectivity index is 2.07. The first-order valence-electron chi connectivity index (χ1n) is 9.48. The predicted molar refractivity (Wildman–Crippen MR) is 110 cm³/mol. The van der Waals surface area contributed by atoms with E-state index in [4.69, 9.17) is 9.47 Å². The maximum atomic E-state index is 13.5. The van der Waals surface area contributed by atoms with Crippen molar-refractivity contribution in [2.75, 3.05) is 20.3 Å². The Labute approximate surface area is 175 Å². The Kier molecular flexibility index (Phi) is 6.00. The van der Waals surface area contributed by atoms with Crippen LogP contribution in [0.25, 0.3) is 0 Å². The van der Waals surface area contributed by atoms with Crippen LogP contribution in [-0.4, -0.2) is 48.9 Å². The van der Waals surface area contributed by atoms with E-state index in [1.54, 1.807) is 12.3 Å². The lowest BCUT2D eigenvalue weighted by Crippen LogP contribution is -2.46. The quantitative estimate of drug-likeness (QED) is 0.506. The van der Waals surface area contributed by atoms with Crippen molar-refractivity contribution in [3.8, 4) is 11.5 Å². The minimum absolute atomic E-state index is 0.162. The molecule has 0 amide bonds. The van der Waals surface area contributed by atoms with E-state index in [1.807, 2.05) is 32.9 Å². The average Bonchev–Trinajstić information content (AvgIpc) is 2.70. The molecule has 2 aromatic rings. The fraction of sp³-hybridized carbons (Fsp3) is 0.450. The molecule has 0 spiro atoms. The van der Waals surface area contributed by atoms with Gasteiger partial charge in [-0.05, 0) is 17.5 Å². The summed E-state index contributed by atoms with van der Waals surface area (Å²) in [6, 6.07) is 7.24. The molecule has 0 bridgehead atoms. The molecule has 9 nitrogen and oxygen atoms in total. The summed E-state index contributed by atoms with van der Waals surface area (Å²) < 4.78 is 39.1. The van der Waals surface area contributed by atoms with E-state index in [0.29, 0.717) is 6.42 Å². The first-order chi connectivity index (χ1) is 14.0. The van der Waals surface area contributed by atoms with Crippen LogP contribution in [0.5, 0.6) is 11.5 Å². The normalized spacial score (nSPS) is 15.1. The van der Waals surface area contributed by atoms with Crippen LogP contribution >= 0.6 is 0 Å². The number of likely N-dealkylation sites (N-methyl/N-ethyl adjacent to an activating group) is 1. The zero-order valence-corrected chi connectivity index (χ0v) is 18.2. The summed E-state index contributed by atoms with van der Waals surface area (Å²) in [4.78, 5) is 14.8. The molecule has 0 saturated heterocycles. The van der Waals surface area contributed by atoms with Crippen molar-refractivity contribution in [1.29, 1.82) is 0 Å². The van der Waals surface area contributed by atoms with Gasteiger partial charge in [-0.1, -0.05) is 26.8 Å². The molecule has 2 heterocycles. The van der Waals surface area contributed by atoms with Crippen LogP contribution in [0, 0.1) is 15.5 Å². The molecular formula is C20H25N3O6S. The van der Waals surface area contributed by atoms with Crippen LogP contribution in [-0.2, 0) is 16.4 Å². The van der Waals surface area contributed by atoms with Crippen molar-refractivity contribution < 1.29 is 22.8 Å². The zero-order chi connectivity index (χ0) is 22.1. The smallest absolute Gasteiger partial charge is 0.293 e. The van der Waals surface area contributed by atoms with Gasteiger partial charge in [-0.25, -0.2) is 8.42 Å². The van der Waals surface area contributed by atoms with Crippen molar-refractivity contribution >= 4 is 15.7 Å². The molecule has 0 fully saturated rings. The molecule has 3 rings (SSSR count). The first-order valence-corrected chi connectivity index (χ1v) is 10.9. The molecule has 0 saturated carbocycles. The van der Waals surface area contributed by atoms with Crippen molar-refractivity contribution in [3.05, 3.63) is 52.3 Å². The summed E-state index contributed by atoms with van der Waals surface area (Å²) in [6.45, 7) is 6.25. The van der Waals surface area contributed by atoms with Crippen LogP contribution in [0.15, 0.2) is 41.4 Å². The Bertz CT molecular complexity index is 1030. The lowest BCUT2D eigenvalue weighted by atomic mass is 9.84. The molecule has 0 unspecified atom stereocenters. The van der Waals surface area contributed by atoms with E-state index in [2.05, 4.69) is 4.98 Å². The lowest BCUT2D eigenvalue weighted by molar-refractivity contribution is -0.388. The molecule has 1 aliphatic heterocycles. The van der Waals surface area contributed by atoms with Gasteiger partial charge in [0.05, 0.1) is 11.0 Å². The van der Waals surface area contributed by atoms with Gasteiger partial charge < -0.3 is 9.47 Å². The highest BCUT2D eigenvalue weighted by atomic mass is 32.2. The fourth-order valence-electron chi connectivity index (χ4n) is 3.43. The number of pyridine rings is 1. The number of aromatic nitrogens is 1. The van der Waals surface area contributed by atoms with Crippen molar-refractivity contribution in [2.45, 2.75) is 38.1 Å². The number of rotatable bonds is 6. The van der Waals surface area contributed by atoms with Gasteiger partial charge >= 0.3 is 0 Å². The standard InChI is InChI=1S/C20H25N3O6S/c1-20(2,3)19(11-14-7-5-6-8-21-14)22(4)30(26,27)18-13-17-16(28-9-10-29-17)12-15(18)23(24)25/h5-8,12-13,19H,9-11H2,1-4H3/t19-/m0/s1. The second-order valence-electron chi connectivity index (χ2n) is 8.15. The number of nitro benzene ring substituents is 1. The second kappa shape index (κ2) is 8.19. The molecule has 1 atom stereocenters. The van der Waals surface area contributed by atoms with Gasteiger partial charge in [-0.2, -0.15) is 4.31 Å². The van der Waals surface area contributed by atoms with E-state index in [9.17, 15) is 18.5 Å². The van der Waals surface area contributed by atoms with E-state index >= 15 is 0 Å². The van der Waals surface area contributed by atoms with Gasteiger partial charge in [0.15, 0.2) is 16.4 Å². The van der Waals surface area contributed by atoms with Crippen LogP contribution in [0.4, 0.5) is 5.69 Å². The topological polar surface area (TPSA) is 112 Å². The Morgan fingerprint density at radius 3 is 2.37 bits per heavy atom. The van der Waals surface area contributed by atoms with Gasteiger partial charge in [-0.3, -0.25) is 15.1 Å². The fourth-order valence-corrected chi connectivity index (χ4v) is 5.12. The highest BCUT2D eigenvalue weighted by Crippen LogP contribution is 2.40. The third kappa shape index (κ3) is 4.39. The van der Waals surface area contributed by atoms with Crippen LogP contribution in [0.3, 0.4) is 0 Å². The number of hydrogen-bond acceptors (Lipinski definition) is 7. The van der Waals surface area contributed by atoms with E-state index in [0.717, 1.165) is 11.8 Å². The molecule has 10 heteroatoms. The maximum Gasteiger partial charge on any atom is 0.293 e. The number of hydrogen-bond donors (Lipinski definition) is 0. The highest BCUT2D eigenvalue weighted by Gasteiger charge is 2.40. The molecule has 1 aromatic heterocycles. The number of benzene rings is 1. The largest absolute Gasteiger partial charge is 0.486 e. The van der Waals surface area contributed by atoms with Crippen molar-refractivity contribution in [3.63, 3.8) is 0 Å². The minimum atomic E-state index is -4.22. The molecular weight excluding hydrogens is 410 g/mol. The zero-order valence-electron chi connectivity index (χ0n) is 17.4. The molecule has 1 aromatic carbocycles. The van der Waals surface area contributed by atoms with Crippen molar-refractivity contribution in [1.82, 2.24) is 9.29 Å². The van der Waals surface area contributed by atoms with E-state index in [-0.39, 0.29) is 24.7 Å². The minimum Gasteiger partial charge on any atom is -0.486 e. The average molecular weight is 436 g/mol. The number of nitrogens with zero attached hydrogens (tertiary/aromatic N) is 3. The molecule has 0 radical (unpaired) electrons. The lowest BCUT2D eigenvalue weighted by Gasteiger charge is -2.37. The summed E-state index contributed by atoms with van der Waals surface area (Å²) >= 11 is 0. The van der Waals surface area contributed by atoms with Gasteiger partial charge in [0.1, 0.15) is 13.2 Å². The maximum absolute atomic E-state index is 13.5. The summed E-state index contributed by atoms with van der Waals surface area (Å²) in [5, 5.41) is 11.7. The molecule has 162 valence electrons. The highest BCUT2D eigenvalue weighted by molar-refractivity contribution is 7.89. The second-order valence-corrected chi connectivity index (χ2v) is 10.1. The first kappa shape index (κ1) is 22.0. The Hall–Kier alpha value is -2.72. The SMILES string of the molecule is CN([C@@H](Cc1ccccn1)C(C)(C)C)S(=O)(=O)c1cc2c(cc1[N+](=O)[O-])OCCO2. The predicted octanol–water partition coefficient (Wildman–Crippen LogP) is 3.04. The van der Waals surface area contributed by atoms with Gasteiger partial charge in [0.2, 0.25) is 10.0 Å². The molecule has 0 aliphatic carbocycles. The Morgan fingerprint density at radius 2 is 1.83 bits per heavy atom. The third-order valence-corrected chi connectivity index (χ3v) is 6.94. The molecule has 30 heavy (non-hydrogen) atoms. The van der Waals surface area contributed by atoms with Gasteiger partial charge in [0, 0.05) is 37.5 Å². The molecule has 0 N–H and O–H groups in total. The Morgan fingerprint density at radius 1 is 1.20 bits per heavy atom. The van der Waals surface area contributed by atoms with Crippen LogP contribution in [0.2, 0.25) is 0 Å². The van der Waals surface area contributed by atoms with Gasteiger partial charge in [-0.15, -0.1) is 0 Å². The third-order valence-electron chi connectivity index (χ3n) is 5.04. The summed E-state index contributed by atoms with van der Waals surface area (Å²) in [5.41, 5.74) is -0.269.